The number of pyridine rings is 1. The fraction of sp³-hybridized carbons (Fsp3) is 0.625. The maximum Gasteiger partial charge on any atom is 0.189 e. The van der Waals surface area contributed by atoms with Gasteiger partial charge in [-0.25, -0.2) is 9.98 Å². The predicted octanol–water partition coefficient (Wildman–Crippen LogP) is 2.27. The van der Waals surface area contributed by atoms with Crippen LogP contribution >= 0.6 is 0 Å². The quantitative estimate of drug-likeness (QED) is 0.659. The maximum absolute atomic E-state index is 5.84. The fourth-order valence-corrected chi connectivity index (χ4v) is 2.55. The molecule has 5 nitrogen and oxygen atoms in total. The molecule has 0 bridgehead atoms. The maximum atomic E-state index is 5.84. The first kappa shape index (κ1) is 15.6. The molecule has 1 aliphatic rings. The van der Waals surface area contributed by atoms with Crippen molar-refractivity contribution in [2.75, 3.05) is 18.0 Å². The van der Waals surface area contributed by atoms with Gasteiger partial charge in [-0.2, -0.15) is 0 Å². The summed E-state index contributed by atoms with van der Waals surface area (Å²) in [5, 5.41) is 3.10. The normalized spacial score (nSPS) is 16.9. The molecular weight excluding hydrogens is 262 g/mol. The van der Waals surface area contributed by atoms with Crippen LogP contribution in [0.25, 0.3) is 0 Å². The summed E-state index contributed by atoms with van der Waals surface area (Å²) in [6.45, 7) is 6.90. The van der Waals surface area contributed by atoms with Crippen molar-refractivity contribution < 1.29 is 0 Å². The van der Waals surface area contributed by atoms with Crippen LogP contribution in [-0.2, 0) is 6.54 Å². The van der Waals surface area contributed by atoms with Crippen molar-refractivity contribution in [1.82, 2.24) is 10.3 Å². The Hall–Kier alpha value is -1.78. The number of aliphatic imine (C=N–C) groups is 1. The van der Waals surface area contributed by atoms with Crippen LogP contribution in [0.2, 0.25) is 0 Å². The number of hydrogen-bond acceptors (Lipinski definition) is 3. The van der Waals surface area contributed by atoms with Crippen molar-refractivity contribution >= 4 is 11.8 Å². The molecule has 1 aromatic rings. The van der Waals surface area contributed by atoms with Crippen molar-refractivity contribution in [3.8, 4) is 0 Å². The number of guanidine groups is 1. The highest BCUT2D eigenvalue weighted by atomic mass is 15.2. The molecule has 0 unspecified atom stereocenters. The first-order chi connectivity index (χ1) is 10.1. The predicted molar refractivity (Wildman–Crippen MR) is 88.5 cm³/mol. The first-order valence-corrected chi connectivity index (χ1v) is 7.91. The molecule has 0 radical (unpaired) electrons. The highest BCUT2D eigenvalue weighted by Crippen LogP contribution is 2.18. The fourth-order valence-electron chi connectivity index (χ4n) is 2.55. The summed E-state index contributed by atoms with van der Waals surface area (Å²) < 4.78 is 0. The molecule has 3 N–H and O–H groups in total. The minimum absolute atomic E-state index is 0.304. The number of nitrogens with zero attached hydrogens (tertiary/aromatic N) is 3. The summed E-state index contributed by atoms with van der Waals surface area (Å²) in [6.07, 6.45) is 7.05. The van der Waals surface area contributed by atoms with Crippen molar-refractivity contribution in [1.29, 1.82) is 0 Å². The Morgan fingerprint density at radius 3 is 2.71 bits per heavy atom. The van der Waals surface area contributed by atoms with Gasteiger partial charge in [0.15, 0.2) is 5.96 Å². The summed E-state index contributed by atoms with van der Waals surface area (Å²) >= 11 is 0. The average Bonchev–Trinajstić information content (AvgIpc) is 2.74. The molecular formula is C16H27N5. The highest BCUT2D eigenvalue weighted by Gasteiger charge is 2.11. The Morgan fingerprint density at radius 2 is 2.05 bits per heavy atom. The van der Waals surface area contributed by atoms with Gasteiger partial charge in [0, 0.05) is 25.3 Å². The third kappa shape index (κ3) is 5.25. The monoisotopic (exact) mass is 289 g/mol. The van der Waals surface area contributed by atoms with Gasteiger partial charge in [-0.15, -0.1) is 0 Å². The molecule has 2 heterocycles. The minimum Gasteiger partial charge on any atom is -0.370 e. The topological polar surface area (TPSA) is 66.5 Å². The lowest BCUT2D eigenvalue weighted by molar-refractivity contribution is 0.723. The third-order valence-corrected chi connectivity index (χ3v) is 3.61. The smallest absolute Gasteiger partial charge is 0.189 e. The summed E-state index contributed by atoms with van der Waals surface area (Å²) in [5.41, 5.74) is 6.99. The summed E-state index contributed by atoms with van der Waals surface area (Å²) in [7, 11) is 0. The molecule has 0 amide bonds. The van der Waals surface area contributed by atoms with E-state index in [4.69, 9.17) is 5.73 Å². The van der Waals surface area contributed by atoms with Gasteiger partial charge in [0.05, 0.1) is 6.54 Å². The Morgan fingerprint density at radius 1 is 1.33 bits per heavy atom. The van der Waals surface area contributed by atoms with Crippen LogP contribution in [0.1, 0.15) is 45.1 Å². The second-order valence-corrected chi connectivity index (χ2v) is 5.92. The molecule has 1 aromatic heterocycles. The standard InChI is InChI=1S/C16H27N5/c1-13(2)20-16(17)19-12-14-7-8-18-15(11-14)21-9-5-3-4-6-10-21/h7-8,11,13H,3-6,9-10,12H2,1-2H3,(H3,17,19,20). The molecule has 116 valence electrons. The van der Waals surface area contributed by atoms with E-state index < -0.39 is 0 Å². The minimum atomic E-state index is 0.304. The van der Waals surface area contributed by atoms with Crippen LogP contribution in [0.4, 0.5) is 5.82 Å². The van der Waals surface area contributed by atoms with E-state index in [9.17, 15) is 0 Å². The van der Waals surface area contributed by atoms with E-state index in [1.165, 1.54) is 25.7 Å². The van der Waals surface area contributed by atoms with E-state index in [-0.39, 0.29) is 0 Å². The highest BCUT2D eigenvalue weighted by molar-refractivity contribution is 5.78. The molecule has 0 saturated carbocycles. The van der Waals surface area contributed by atoms with E-state index in [1.54, 1.807) is 0 Å². The van der Waals surface area contributed by atoms with E-state index in [1.807, 2.05) is 26.1 Å². The second kappa shape index (κ2) is 7.86. The second-order valence-electron chi connectivity index (χ2n) is 5.92. The van der Waals surface area contributed by atoms with Gasteiger partial charge in [-0.05, 0) is 44.4 Å². The SMILES string of the molecule is CC(C)NC(N)=NCc1ccnc(N2CCCCCC2)c1. The van der Waals surface area contributed by atoms with Gasteiger partial charge in [-0.3, -0.25) is 0 Å². The lowest BCUT2D eigenvalue weighted by Crippen LogP contribution is -2.36. The zero-order valence-corrected chi connectivity index (χ0v) is 13.2. The lowest BCUT2D eigenvalue weighted by atomic mass is 10.2. The molecule has 0 atom stereocenters. The molecule has 2 rings (SSSR count). The van der Waals surface area contributed by atoms with Crippen LogP contribution in [-0.4, -0.2) is 30.1 Å². The number of anilines is 1. The number of nitrogens with two attached hydrogens (primary N) is 1. The molecule has 0 spiro atoms. The van der Waals surface area contributed by atoms with E-state index in [0.29, 0.717) is 18.5 Å². The van der Waals surface area contributed by atoms with Gasteiger partial charge >= 0.3 is 0 Å². The molecule has 1 saturated heterocycles. The first-order valence-electron chi connectivity index (χ1n) is 7.91. The zero-order chi connectivity index (χ0) is 15.1. The number of hydrogen-bond donors (Lipinski definition) is 2. The zero-order valence-electron chi connectivity index (χ0n) is 13.2. The van der Waals surface area contributed by atoms with Crippen LogP contribution in [0.5, 0.6) is 0 Å². The van der Waals surface area contributed by atoms with Crippen molar-refractivity contribution in [3.05, 3.63) is 23.9 Å². The van der Waals surface area contributed by atoms with Gasteiger partial charge in [0.1, 0.15) is 5.82 Å². The molecule has 5 heteroatoms. The molecule has 21 heavy (non-hydrogen) atoms. The molecule has 1 aliphatic heterocycles. The Labute approximate surface area is 127 Å². The Bertz CT molecular complexity index is 461. The van der Waals surface area contributed by atoms with Crippen LogP contribution in [0, 0.1) is 0 Å². The van der Waals surface area contributed by atoms with Gasteiger partial charge in [0.25, 0.3) is 0 Å². The molecule has 0 aliphatic carbocycles. The van der Waals surface area contributed by atoms with Crippen LogP contribution in [0.3, 0.4) is 0 Å². The van der Waals surface area contributed by atoms with Crippen LogP contribution < -0.4 is 16.0 Å². The van der Waals surface area contributed by atoms with Gasteiger partial charge in [-0.1, -0.05) is 12.8 Å². The molecule has 1 fully saturated rings. The van der Waals surface area contributed by atoms with Crippen molar-refractivity contribution in [3.63, 3.8) is 0 Å². The Kier molecular flexibility index (Phi) is 5.84. The van der Waals surface area contributed by atoms with E-state index in [2.05, 4.69) is 26.3 Å². The van der Waals surface area contributed by atoms with Crippen LogP contribution in [0.15, 0.2) is 23.3 Å². The number of rotatable bonds is 4. The number of aromatic nitrogens is 1. The Balaban J connectivity index is 2.00. The summed E-state index contributed by atoms with van der Waals surface area (Å²) in [4.78, 5) is 11.3. The third-order valence-electron chi connectivity index (χ3n) is 3.61. The average molecular weight is 289 g/mol. The van der Waals surface area contributed by atoms with E-state index >= 15 is 0 Å². The van der Waals surface area contributed by atoms with Crippen molar-refractivity contribution in [2.24, 2.45) is 10.7 Å². The summed E-state index contributed by atoms with van der Waals surface area (Å²) in [5.74, 6) is 1.57. The molecule has 0 aromatic carbocycles. The largest absolute Gasteiger partial charge is 0.370 e. The van der Waals surface area contributed by atoms with Crippen molar-refractivity contribution in [2.45, 2.75) is 52.1 Å². The lowest BCUT2D eigenvalue weighted by Gasteiger charge is -2.21. The number of nitrogens with one attached hydrogen (secondary N) is 1. The van der Waals surface area contributed by atoms with E-state index in [0.717, 1.165) is 24.5 Å². The summed E-state index contributed by atoms with van der Waals surface area (Å²) in [6, 6.07) is 4.45. The van der Waals surface area contributed by atoms with Gasteiger partial charge in [0.2, 0.25) is 0 Å². The van der Waals surface area contributed by atoms with Gasteiger partial charge < -0.3 is 16.0 Å².